The van der Waals surface area contributed by atoms with Crippen LogP contribution in [0.2, 0.25) is 0 Å². The number of aliphatic hydroxyl groups is 1. The minimum absolute atomic E-state index is 0.184. The third kappa shape index (κ3) is 4.36. The van der Waals surface area contributed by atoms with Crippen LogP contribution in [0.15, 0.2) is 68.2 Å². The second kappa shape index (κ2) is 8.42. The summed E-state index contributed by atoms with van der Waals surface area (Å²) >= 11 is 0. The van der Waals surface area contributed by atoms with Crippen molar-refractivity contribution < 1.29 is 19.0 Å². The van der Waals surface area contributed by atoms with Gasteiger partial charge in [0.1, 0.15) is 5.76 Å². The molecule has 1 atom stereocenters. The van der Waals surface area contributed by atoms with Crippen molar-refractivity contribution in [3.05, 3.63) is 93.5 Å². The number of nitrogens with zero attached hydrogens (tertiary/aromatic N) is 1. The van der Waals surface area contributed by atoms with E-state index in [1.165, 1.54) is 0 Å². The van der Waals surface area contributed by atoms with Gasteiger partial charge in [0.2, 0.25) is 11.8 Å². The Morgan fingerprint density at radius 1 is 1.07 bits per heavy atom. The number of aromatic hydroxyl groups is 1. The van der Waals surface area contributed by atoms with Gasteiger partial charge in [-0.15, -0.1) is 0 Å². The minimum atomic E-state index is -0.687. The van der Waals surface area contributed by atoms with Crippen LogP contribution in [0, 0.1) is 6.92 Å². The SMILES string of the molecule is Cc1oc(-c2ccccc2)nc1CCC(O)c1ccc(Cc2oc(=O)[nH]c2O)cc1. The molecule has 0 fully saturated rings. The summed E-state index contributed by atoms with van der Waals surface area (Å²) in [5.74, 6) is 0.574. The molecule has 7 heteroatoms. The molecule has 30 heavy (non-hydrogen) atoms. The van der Waals surface area contributed by atoms with Crippen molar-refractivity contribution in [3.63, 3.8) is 0 Å². The summed E-state index contributed by atoms with van der Waals surface area (Å²) in [5, 5.41) is 20.2. The van der Waals surface area contributed by atoms with E-state index in [-0.39, 0.29) is 18.1 Å². The van der Waals surface area contributed by atoms with Crippen LogP contribution in [-0.4, -0.2) is 20.2 Å². The molecule has 0 aliphatic heterocycles. The highest BCUT2D eigenvalue weighted by atomic mass is 16.4. The number of oxazole rings is 2. The van der Waals surface area contributed by atoms with Crippen molar-refractivity contribution in [1.82, 2.24) is 9.97 Å². The first-order valence-electron chi connectivity index (χ1n) is 9.69. The molecule has 0 saturated carbocycles. The van der Waals surface area contributed by atoms with E-state index in [0.717, 1.165) is 28.1 Å². The Morgan fingerprint density at radius 3 is 2.47 bits per heavy atom. The van der Waals surface area contributed by atoms with Crippen LogP contribution >= 0.6 is 0 Å². The van der Waals surface area contributed by atoms with Gasteiger partial charge in [-0.2, -0.15) is 0 Å². The molecule has 1 unspecified atom stereocenters. The van der Waals surface area contributed by atoms with Crippen LogP contribution in [0.1, 0.15) is 40.9 Å². The molecule has 0 radical (unpaired) electrons. The molecule has 2 heterocycles. The van der Waals surface area contributed by atoms with Crippen LogP contribution < -0.4 is 5.76 Å². The van der Waals surface area contributed by atoms with Gasteiger partial charge < -0.3 is 19.0 Å². The third-order valence-electron chi connectivity index (χ3n) is 5.00. The van der Waals surface area contributed by atoms with Crippen molar-refractivity contribution in [2.24, 2.45) is 0 Å². The molecule has 154 valence electrons. The van der Waals surface area contributed by atoms with Crippen molar-refractivity contribution in [1.29, 1.82) is 0 Å². The van der Waals surface area contributed by atoms with Crippen LogP contribution in [-0.2, 0) is 12.8 Å². The van der Waals surface area contributed by atoms with Gasteiger partial charge in [-0.05, 0) is 43.0 Å². The van der Waals surface area contributed by atoms with Crippen molar-refractivity contribution in [2.45, 2.75) is 32.3 Å². The van der Waals surface area contributed by atoms with Crippen LogP contribution in [0.3, 0.4) is 0 Å². The van der Waals surface area contributed by atoms with Gasteiger partial charge in [0, 0.05) is 12.0 Å². The average molecular weight is 406 g/mol. The maximum atomic E-state index is 11.1. The molecule has 0 saturated heterocycles. The number of aromatic nitrogens is 2. The number of rotatable bonds is 7. The molecule has 0 bridgehead atoms. The van der Waals surface area contributed by atoms with Gasteiger partial charge in [0.05, 0.1) is 11.8 Å². The lowest BCUT2D eigenvalue weighted by molar-refractivity contribution is 0.167. The Morgan fingerprint density at radius 2 is 1.80 bits per heavy atom. The van der Waals surface area contributed by atoms with E-state index in [1.807, 2.05) is 61.5 Å². The van der Waals surface area contributed by atoms with Crippen LogP contribution in [0.5, 0.6) is 5.88 Å². The van der Waals surface area contributed by atoms with Gasteiger partial charge in [-0.3, -0.25) is 4.98 Å². The number of hydrogen-bond acceptors (Lipinski definition) is 6. The molecule has 0 spiro atoms. The second-order valence-electron chi connectivity index (χ2n) is 7.15. The predicted octanol–water partition coefficient (Wildman–Crippen LogP) is 3.89. The summed E-state index contributed by atoms with van der Waals surface area (Å²) < 4.78 is 10.7. The number of aromatic amines is 1. The Labute approximate surface area is 172 Å². The number of hydrogen-bond donors (Lipinski definition) is 3. The van der Waals surface area contributed by atoms with Crippen molar-refractivity contribution in [2.75, 3.05) is 0 Å². The summed E-state index contributed by atoms with van der Waals surface area (Å²) in [4.78, 5) is 17.9. The lowest BCUT2D eigenvalue weighted by Crippen LogP contribution is -2.01. The summed E-state index contributed by atoms with van der Waals surface area (Å²) in [7, 11) is 0. The molecule has 0 aliphatic carbocycles. The molecule has 0 aliphatic rings. The zero-order chi connectivity index (χ0) is 21.1. The quantitative estimate of drug-likeness (QED) is 0.429. The standard InChI is InChI=1S/C23H22N2O5/c1-14-18(24-22(29-14)17-5-3-2-4-6-17)11-12-19(26)16-9-7-15(8-10-16)13-20-21(27)25-23(28)30-20/h2-10,19,26-27H,11-13H2,1H3,(H,25,28). The first kappa shape index (κ1) is 19.7. The molecule has 4 aromatic rings. The van der Waals surface area contributed by atoms with E-state index in [9.17, 15) is 15.0 Å². The monoisotopic (exact) mass is 406 g/mol. The topological polar surface area (TPSA) is 112 Å². The number of nitrogens with one attached hydrogen (secondary N) is 1. The Hall–Kier alpha value is -3.58. The summed E-state index contributed by atoms with van der Waals surface area (Å²) in [6, 6.07) is 17.0. The molecular weight excluding hydrogens is 384 g/mol. The number of H-pyrrole nitrogens is 1. The highest BCUT2D eigenvalue weighted by Gasteiger charge is 2.15. The van der Waals surface area contributed by atoms with Gasteiger partial charge in [-0.1, -0.05) is 42.5 Å². The highest BCUT2D eigenvalue weighted by molar-refractivity contribution is 5.53. The molecular formula is C23H22N2O5. The van der Waals surface area contributed by atoms with E-state index >= 15 is 0 Å². The maximum Gasteiger partial charge on any atom is 0.419 e. The number of benzene rings is 2. The van der Waals surface area contributed by atoms with E-state index in [2.05, 4.69) is 9.97 Å². The number of aliphatic hydroxyl groups excluding tert-OH is 1. The van der Waals surface area contributed by atoms with Gasteiger partial charge in [0.15, 0.2) is 5.76 Å². The highest BCUT2D eigenvalue weighted by Crippen LogP contribution is 2.25. The van der Waals surface area contributed by atoms with Crippen LogP contribution in [0.4, 0.5) is 0 Å². The third-order valence-corrected chi connectivity index (χ3v) is 5.00. The van der Waals surface area contributed by atoms with Gasteiger partial charge in [-0.25, -0.2) is 9.78 Å². The normalized spacial score (nSPS) is 12.2. The molecule has 2 aromatic carbocycles. The lowest BCUT2D eigenvalue weighted by atomic mass is 10.0. The maximum absolute atomic E-state index is 11.1. The van der Waals surface area contributed by atoms with Crippen molar-refractivity contribution >= 4 is 0 Å². The van der Waals surface area contributed by atoms with Gasteiger partial charge in [0.25, 0.3) is 0 Å². The Kier molecular flexibility index (Phi) is 5.54. The zero-order valence-corrected chi connectivity index (χ0v) is 16.5. The predicted molar refractivity (Wildman–Crippen MR) is 110 cm³/mol. The zero-order valence-electron chi connectivity index (χ0n) is 16.5. The fourth-order valence-corrected chi connectivity index (χ4v) is 3.32. The molecule has 2 aromatic heterocycles. The summed E-state index contributed by atoms with van der Waals surface area (Å²) in [6.45, 7) is 1.88. The van der Waals surface area contributed by atoms with E-state index < -0.39 is 11.9 Å². The molecule has 7 nitrogen and oxygen atoms in total. The van der Waals surface area contributed by atoms with E-state index in [0.29, 0.717) is 18.7 Å². The summed E-state index contributed by atoms with van der Waals surface area (Å²) in [6.07, 6.45) is 0.734. The van der Waals surface area contributed by atoms with Crippen molar-refractivity contribution in [3.8, 4) is 17.3 Å². The Bertz CT molecular complexity index is 1170. The number of aryl methyl sites for hydroxylation is 2. The van der Waals surface area contributed by atoms with Crippen LogP contribution in [0.25, 0.3) is 11.5 Å². The van der Waals surface area contributed by atoms with E-state index in [1.54, 1.807) is 0 Å². The molecule has 4 rings (SSSR count). The average Bonchev–Trinajstić information content (AvgIpc) is 3.28. The lowest BCUT2D eigenvalue weighted by Gasteiger charge is -2.11. The smallest absolute Gasteiger partial charge is 0.419 e. The Balaban J connectivity index is 1.38. The summed E-state index contributed by atoms with van der Waals surface area (Å²) in [5.41, 5.74) is 3.39. The molecule has 0 amide bonds. The van der Waals surface area contributed by atoms with Gasteiger partial charge >= 0.3 is 5.76 Å². The second-order valence-corrected chi connectivity index (χ2v) is 7.15. The van der Waals surface area contributed by atoms with E-state index in [4.69, 9.17) is 8.83 Å². The molecule has 3 N–H and O–H groups in total. The largest absolute Gasteiger partial charge is 0.492 e. The first-order chi connectivity index (χ1) is 14.5. The first-order valence-corrected chi connectivity index (χ1v) is 9.69. The fraction of sp³-hybridized carbons (Fsp3) is 0.217. The minimum Gasteiger partial charge on any atom is -0.492 e. The fourth-order valence-electron chi connectivity index (χ4n) is 3.32.